The topological polar surface area (TPSA) is 38.7 Å². The van der Waals surface area contributed by atoms with Crippen molar-refractivity contribution in [2.45, 2.75) is 38.8 Å². The van der Waals surface area contributed by atoms with E-state index in [9.17, 15) is 5.11 Å². The molecule has 0 aromatic heterocycles. The number of hydrogen-bond donors (Lipinski definition) is 2. The van der Waals surface area contributed by atoms with E-state index < -0.39 is 0 Å². The Morgan fingerprint density at radius 2 is 1.94 bits per heavy atom. The molecule has 0 aromatic carbocycles. The van der Waals surface area contributed by atoms with Crippen molar-refractivity contribution in [2.24, 2.45) is 0 Å². The number of hydrogen-bond acceptors (Lipinski definition) is 4. The summed E-state index contributed by atoms with van der Waals surface area (Å²) in [4.78, 5) is 4.66. The van der Waals surface area contributed by atoms with E-state index >= 15 is 0 Å². The zero-order valence-corrected chi connectivity index (χ0v) is 11.7. The summed E-state index contributed by atoms with van der Waals surface area (Å²) in [5.74, 6) is 0. The molecule has 0 radical (unpaired) electrons. The summed E-state index contributed by atoms with van der Waals surface area (Å²) in [5.41, 5.74) is 0. The highest BCUT2D eigenvalue weighted by atomic mass is 16.3. The number of β-amino-alcohol motifs (C(OH)–C–C–N with tert-alkyl or cyclic N) is 1. The number of nitrogens with zero attached hydrogens (tertiary/aromatic N) is 2. The Morgan fingerprint density at radius 3 is 2.53 bits per heavy atom. The fourth-order valence-corrected chi connectivity index (χ4v) is 2.11. The summed E-state index contributed by atoms with van der Waals surface area (Å²) >= 11 is 0. The fraction of sp³-hybridized carbons (Fsp3) is 1.00. The average molecular weight is 243 g/mol. The van der Waals surface area contributed by atoms with Gasteiger partial charge in [-0.25, -0.2) is 0 Å². The molecule has 1 rings (SSSR count). The average Bonchev–Trinajstić information content (AvgIpc) is 2.76. The molecule has 0 aromatic rings. The molecule has 17 heavy (non-hydrogen) atoms. The maximum Gasteiger partial charge on any atom is 0.0791 e. The summed E-state index contributed by atoms with van der Waals surface area (Å²) in [5, 5.41) is 13.2. The Morgan fingerprint density at radius 1 is 1.29 bits per heavy atom. The molecule has 1 aliphatic rings. The number of likely N-dealkylation sites (N-methyl/N-ethyl adjacent to an activating group) is 1. The van der Waals surface area contributed by atoms with E-state index in [4.69, 9.17) is 0 Å². The Hall–Kier alpha value is -0.160. The van der Waals surface area contributed by atoms with E-state index in [0.29, 0.717) is 12.6 Å². The van der Waals surface area contributed by atoms with Crippen molar-refractivity contribution in [1.82, 2.24) is 15.1 Å². The van der Waals surface area contributed by atoms with Crippen LogP contribution in [0, 0.1) is 0 Å². The predicted octanol–water partition coefficient (Wildman–Crippen LogP) is 0.373. The van der Waals surface area contributed by atoms with E-state index in [0.717, 1.165) is 32.7 Å². The maximum absolute atomic E-state index is 9.87. The van der Waals surface area contributed by atoms with Crippen molar-refractivity contribution in [2.75, 3.05) is 46.3 Å². The smallest absolute Gasteiger partial charge is 0.0791 e. The Bertz CT molecular complexity index is 193. The number of likely N-dealkylation sites (tertiary alicyclic amines) is 1. The third-order valence-corrected chi connectivity index (χ3v) is 3.57. The van der Waals surface area contributed by atoms with Gasteiger partial charge in [0.25, 0.3) is 0 Å². The summed E-state index contributed by atoms with van der Waals surface area (Å²) < 4.78 is 0. The van der Waals surface area contributed by atoms with Crippen LogP contribution in [0.15, 0.2) is 0 Å². The molecule has 0 aliphatic carbocycles. The molecule has 2 N–H and O–H groups in total. The van der Waals surface area contributed by atoms with Gasteiger partial charge in [-0.2, -0.15) is 0 Å². The monoisotopic (exact) mass is 243 g/mol. The highest BCUT2D eigenvalue weighted by Gasteiger charge is 2.15. The highest BCUT2D eigenvalue weighted by molar-refractivity contribution is 4.71. The maximum atomic E-state index is 9.87. The first-order valence-corrected chi connectivity index (χ1v) is 6.91. The molecule has 4 heteroatoms. The van der Waals surface area contributed by atoms with Gasteiger partial charge in [0, 0.05) is 32.2 Å². The zero-order valence-electron chi connectivity index (χ0n) is 11.7. The van der Waals surface area contributed by atoms with Gasteiger partial charge in [0.05, 0.1) is 6.10 Å². The van der Waals surface area contributed by atoms with Crippen LogP contribution in [-0.4, -0.2) is 73.4 Å². The van der Waals surface area contributed by atoms with Crippen molar-refractivity contribution in [3.05, 3.63) is 0 Å². The fourth-order valence-electron chi connectivity index (χ4n) is 2.11. The summed E-state index contributed by atoms with van der Waals surface area (Å²) in [6.45, 7) is 10.2. The SMILES string of the molecule is CC(C)N(C)CCNCC(O)CN1CCCC1. The van der Waals surface area contributed by atoms with Crippen LogP contribution in [0.1, 0.15) is 26.7 Å². The lowest BCUT2D eigenvalue weighted by Gasteiger charge is -2.22. The minimum Gasteiger partial charge on any atom is -0.390 e. The quantitative estimate of drug-likeness (QED) is 0.604. The lowest BCUT2D eigenvalue weighted by atomic mass is 10.3. The Labute approximate surface area is 106 Å². The van der Waals surface area contributed by atoms with Crippen molar-refractivity contribution >= 4 is 0 Å². The Kier molecular flexibility index (Phi) is 7.04. The molecular formula is C13H29N3O. The number of aliphatic hydroxyl groups excluding tert-OH is 1. The van der Waals surface area contributed by atoms with Crippen LogP contribution in [0.3, 0.4) is 0 Å². The van der Waals surface area contributed by atoms with Crippen LogP contribution >= 0.6 is 0 Å². The van der Waals surface area contributed by atoms with Crippen LogP contribution in [-0.2, 0) is 0 Å². The third kappa shape index (κ3) is 6.36. The molecule has 1 aliphatic heterocycles. The molecule has 0 spiro atoms. The normalized spacial score (nSPS) is 19.4. The van der Waals surface area contributed by atoms with Crippen LogP contribution in [0.25, 0.3) is 0 Å². The van der Waals surface area contributed by atoms with Gasteiger partial charge in [0.1, 0.15) is 0 Å². The lowest BCUT2D eigenvalue weighted by Crippen LogP contribution is -2.40. The first kappa shape index (κ1) is 14.9. The second-order valence-corrected chi connectivity index (χ2v) is 5.44. The van der Waals surface area contributed by atoms with Gasteiger partial charge in [-0.1, -0.05) is 0 Å². The van der Waals surface area contributed by atoms with Crippen molar-refractivity contribution in [1.29, 1.82) is 0 Å². The van der Waals surface area contributed by atoms with Gasteiger partial charge in [0.2, 0.25) is 0 Å². The van der Waals surface area contributed by atoms with Gasteiger partial charge in [0.15, 0.2) is 0 Å². The molecule has 102 valence electrons. The highest BCUT2D eigenvalue weighted by Crippen LogP contribution is 2.07. The number of aliphatic hydroxyl groups is 1. The van der Waals surface area contributed by atoms with Crippen molar-refractivity contribution in [3.8, 4) is 0 Å². The molecule has 0 amide bonds. The number of rotatable bonds is 8. The molecule has 1 unspecified atom stereocenters. The summed E-state index contributed by atoms with van der Waals surface area (Å²) in [7, 11) is 2.13. The second-order valence-electron chi connectivity index (χ2n) is 5.44. The Balaban J connectivity index is 1.98. The minimum atomic E-state index is -0.225. The standard InChI is InChI=1S/C13H29N3O/c1-12(2)15(3)9-6-14-10-13(17)11-16-7-4-5-8-16/h12-14,17H,4-11H2,1-3H3. The van der Waals surface area contributed by atoms with E-state index in [1.54, 1.807) is 0 Å². The van der Waals surface area contributed by atoms with Gasteiger partial charge >= 0.3 is 0 Å². The van der Waals surface area contributed by atoms with Gasteiger partial charge in [-0.15, -0.1) is 0 Å². The summed E-state index contributed by atoms with van der Waals surface area (Å²) in [6.07, 6.45) is 2.36. The van der Waals surface area contributed by atoms with Crippen LogP contribution in [0.5, 0.6) is 0 Å². The van der Waals surface area contributed by atoms with E-state index in [1.165, 1.54) is 12.8 Å². The van der Waals surface area contributed by atoms with Crippen LogP contribution in [0.2, 0.25) is 0 Å². The summed E-state index contributed by atoms with van der Waals surface area (Å²) in [6, 6.07) is 0.589. The van der Waals surface area contributed by atoms with Crippen LogP contribution < -0.4 is 5.32 Å². The molecule has 1 heterocycles. The lowest BCUT2D eigenvalue weighted by molar-refractivity contribution is 0.122. The molecule has 1 saturated heterocycles. The van der Waals surface area contributed by atoms with E-state index in [1.807, 2.05) is 0 Å². The first-order chi connectivity index (χ1) is 8.09. The molecule has 4 nitrogen and oxygen atoms in total. The largest absolute Gasteiger partial charge is 0.390 e. The van der Waals surface area contributed by atoms with E-state index in [2.05, 4.69) is 36.0 Å². The predicted molar refractivity (Wildman–Crippen MR) is 72.3 cm³/mol. The van der Waals surface area contributed by atoms with E-state index in [-0.39, 0.29) is 6.10 Å². The number of nitrogens with one attached hydrogen (secondary N) is 1. The zero-order chi connectivity index (χ0) is 12.7. The van der Waals surface area contributed by atoms with Crippen molar-refractivity contribution < 1.29 is 5.11 Å². The molecular weight excluding hydrogens is 214 g/mol. The molecule has 1 fully saturated rings. The molecule has 0 saturated carbocycles. The van der Waals surface area contributed by atoms with Crippen molar-refractivity contribution in [3.63, 3.8) is 0 Å². The minimum absolute atomic E-state index is 0.225. The molecule has 1 atom stereocenters. The molecule has 0 bridgehead atoms. The van der Waals surface area contributed by atoms with Gasteiger partial charge < -0.3 is 20.2 Å². The first-order valence-electron chi connectivity index (χ1n) is 6.91. The third-order valence-electron chi connectivity index (χ3n) is 3.57. The van der Waals surface area contributed by atoms with Crippen LogP contribution in [0.4, 0.5) is 0 Å². The van der Waals surface area contributed by atoms with Gasteiger partial charge in [-0.3, -0.25) is 0 Å². The van der Waals surface area contributed by atoms with Gasteiger partial charge in [-0.05, 0) is 46.8 Å². The second kappa shape index (κ2) is 8.03.